The Balaban J connectivity index is 1.85. The minimum absolute atomic E-state index is 0.202. The molecule has 0 spiro atoms. The number of amides is 1. The molecule has 0 saturated heterocycles. The summed E-state index contributed by atoms with van der Waals surface area (Å²) in [6, 6.07) is 12.9. The van der Waals surface area contributed by atoms with E-state index in [9.17, 15) is 9.90 Å². The van der Waals surface area contributed by atoms with E-state index in [0.717, 1.165) is 21.2 Å². The largest absolute Gasteiger partial charge is 0.508 e. The standard InChI is InChI=1S/C16H16BrNO3/c1-11-7-14(17)13(8-15(11)19)9-18-16(20)21-10-12-5-3-2-4-6-12/h2-8,19H,9-10H2,1H3,(H,18,20). The molecule has 0 aliphatic heterocycles. The number of phenols is 1. The van der Waals surface area contributed by atoms with Gasteiger partial charge in [-0.25, -0.2) is 4.79 Å². The van der Waals surface area contributed by atoms with Gasteiger partial charge in [-0.15, -0.1) is 0 Å². The van der Waals surface area contributed by atoms with Crippen LogP contribution in [0.2, 0.25) is 0 Å². The number of alkyl carbamates (subject to hydrolysis) is 1. The van der Waals surface area contributed by atoms with Crippen molar-refractivity contribution in [1.82, 2.24) is 5.32 Å². The van der Waals surface area contributed by atoms with Gasteiger partial charge in [0.05, 0.1) is 0 Å². The molecule has 0 heterocycles. The summed E-state index contributed by atoms with van der Waals surface area (Å²) in [5, 5.41) is 12.3. The van der Waals surface area contributed by atoms with E-state index in [-0.39, 0.29) is 18.9 Å². The zero-order valence-corrected chi connectivity index (χ0v) is 13.2. The lowest BCUT2D eigenvalue weighted by Gasteiger charge is -2.10. The number of carbonyl (C=O) groups excluding carboxylic acids is 1. The van der Waals surface area contributed by atoms with Crippen LogP contribution in [0.3, 0.4) is 0 Å². The number of rotatable bonds is 4. The summed E-state index contributed by atoms with van der Waals surface area (Å²) in [4.78, 5) is 11.6. The monoisotopic (exact) mass is 349 g/mol. The van der Waals surface area contributed by atoms with Crippen LogP contribution in [0.25, 0.3) is 0 Å². The minimum Gasteiger partial charge on any atom is -0.508 e. The number of phenolic OH excluding ortho intramolecular Hbond substituents is 1. The van der Waals surface area contributed by atoms with E-state index < -0.39 is 6.09 Å². The minimum atomic E-state index is -0.495. The summed E-state index contributed by atoms with van der Waals surface area (Å²) in [5.74, 6) is 0.202. The number of hydrogen-bond donors (Lipinski definition) is 2. The first-order valence-electron chi connectivity index (χ1n) is 6.49. The van der Waals surface area contributed by atoms with E-state index in [2.05, 4.69) is 21.2 Å². The maximum absolute atomic E-state index is 11.6. The van der Waals surface area contributed by atoms with Gasteiger partial charge >= 0.3 is 6.09 Å². The molecule has 2 N–H and O–H groups in total. The third kappa shape index (κ3) is 4.49. The Kier molecular flexibility index (Phi) is 5.22. The molecule has 0 aliphatic carbocycles. The summed E-state index contributed by atoms with van der Waals surface area (Å²) >= 11 is 3.40. The van der Waals surface area contributed by atoms with Crippen LogP contribution in [0.1, 0.15) is 16.7 Å². The molecule has 110 valence electrons. The molecular formula is C16H16BrNO3. The Hall–Kier alpha value is -2.01. The van der Waals surface area contributed by atoms with Crippen molar-refractivity contribution < 1.29 is 14.6 Å². The first-order chi connectivity index (χ1) is 10.1. The number of aryl methyl sites for hydroxylation is 1. The van der Waals surface area contributed by atoms with E-state index in [1.54, 1.807) is 6.07 Å². The highest BCUT2D eigenvalue weighted by Crippen LogP contribution is 2.25. The Morgan fingerprint density at radius 2 is 2.00 bits per heavy atom. The van der Waals surface area contributed by atoms with Crippen molar-refractivity contribution in [3.63, 3.8) is 0 Å². The number of nitrogens with one attached hydrogen (secondary N) is 1. The van der Waals surface area contributed by atoms with Crippen LogP contribution in [0.5, 0.6) is 5.75 Å². The number of halogens is 1. The van der Waals surface area contributed by atoms with Gasteiger partial charge in [0.15, 0.2) is 0 Å². The van der Waals surface area contributed by atoms with Crippen molar-refractivity contribution in [2.75, 3.05) is 0 Å². The quantitative estimate of drug-likeness (QED) is 0.880. The molecule has 0 bridgehead atoms. The van der Waals surface area contributed by atoms with E-state index in [1.807, 2.05) is 43.3 Å². The first kappa shape index (κ1) is 15.4. The SMILES string of the molecule is Cc1cc(Br)c(CNC(=O)OCc2ccccc2)cc1O. The summed E-state index contributed by atoms with van der Waals surface area (Å²) in [6.45, 7) is 2.32. The predicted octanol–water partition coefficient (Wildman–Crippen LogP) is 3.89. The second-order valence-electron chi connectivity index (χ2n) is 4.65. The van der Waals surface area contributed by atoms with Crippen LogP contribution in [0.4, 0.5) is 4.79 Å². The van der Waals surface area contributed by atoms with Crippen molar-refractivity contribution in [2.45, 2.75) is 20.1 Å². The van der Waals surface area contributed by atoms with Crippen molar-refractivity contribution in [3.05, 3.63) is 63.6 Å². The average Bonchev–Trinajstić information content (AvgIpc) is 2.48. The molecule has 4 nitrogen and oxygen atoms in total. The summed E-state index contributed by atoms with van der Waals surface area (Å²) in [7, 11) is 0. The second-order valence-corrected chi connectivity index (χ2v) is 5.50. The Labute approximate surface area is 131 Å². The van der Waals surface area contributed by atoms with Gasteiger partial charge in [-0.05, 0) is 35.7 Å². The highest BCUT2D eigenvalue weighted by atomic mass is 79.9. The molecule has 0 atom stereocenters. The van der Waals surface area contributed by atoms with Crippen LogP contribution in [0.15, 0.2) is 46.9 Å². The Morgan fingerprint density at radius 3 is 2.71 bits per heavy atom. The molecule has 5 heteroatoms. The molecule has 2 rings (SSSR count). The van der Waals surface area contributed by atoms with Gasteiger partial charge in [-0.2, -0.15) is 0 Å². The zero-order valence-electron chi connectivity index (χ0n) is 11.6. The normalized spacial score (nSPS) is 10.2. The average molecular weight is 350 g/mol. The fraction of sp³-hybridized carbons (Fsp3) is 0.188. The topological polar surface area (TPSA) is 58.6 Å². The molecule has 0 unspecified atom stereocenters. The van der Waals surface area contributed by atoms with Crippen LogP contribution >= 0.6 is 15.9 Å². The summed E-state index contributed by atoms with van der Waals surface area (Å²) in [6.07, 6.45) is -0.495. The third-order valence-electron chi connectivity index (χ3n) is 3.00. The van der Waals surface area contributed by atoms with Gasteiger partial charge in [0.1, 0.15) is 12.4 Å². The number of hydrogen-bond acceptors (Lipinski definition) is 3. The van der Waals surface area contributed by atoms with Crippen molar-refractivity contribution in [2.24, 2.45) is 0 Å². The molecular weight excluding hydrogens is 334 g/mol. The fourth-order valence-electron chi connectivity index (χ4n) is 1.78. The van der Waals surface area contributed by atoms with E-state index in [0.29, 0.717) is 0 Å². The molecule has 0 saturated carbocycles. The molecule has 0 radical (unpaired) electrons. The van der Waals surface area contributed by atoms with E-state index in [4.69, 9.17) is 4.74 Å². The maximum Gasteiger partial charge on any atom is 0.407 e. The van der Waals surface area contributed by atoms with Gasteiger partial charge < -0.3 is 15.2 Å². The summed E-state index contributed by atoms with van der Waals surface area (Å²) in [5.41, 5.74) is 2.49. The Bertz CT molecular complexity index is 629. The van der Waals surface area contributed by atoms with Gasteiger partial charge in [0.2, 0.25) is 0 Å². The van der Waals surface area contributed by atoms with Crippen LogP contribution in [-0.4, -0.2) is 11.2 Å². The van der Waals surface area contributed by atoms with Crippen molar-refractivity contribution in [3.8, 4) is 5.75 Å². The smallest absolute Gasteiger partial charge is 0.407 e. The third-order valence-corrected chi connectivity index (χ3v) is 3.74. The molecule has 0 aromatic heterocycles. The molecule has 21 heavy (non-hydrogen) atoms. The predicted molar refractivity (Wildman–Crippen MR) is 84.0 cm³/mol. The molecule has 0 fully saturated rings. The highest BCUT2D eigenvalue weighted by molar-refractivity contribution is 9.10. The fourth-order valence-corrected chi connectivity index (χ4v) is 2.38. The van der Waals surface area contributed by atoms with Gasteiger partial charge in [0, 0.05) is 11.0 Å². The lowest BCUT2D eigenvalue weighted by atomic mass is 10.1. The van der Waals surface area contributed by atoms with E-state index >= 15 is 0 Å². The van der Waals surface area contributed by atoms with E-state index in [1.165, 1.54) is 0 Å². The molecule has 1 amide bonds. The van der Waals surface area contributed by atoms with Crippen LogP contribution < -0.4 is 5.32 Å². The molecule has 0 aliphatic rings. The lowest BCUT2D eigenvalue weighted by molar-refractivity contribution is 0.139. The Morgan fingerprint density at radius 1 is 1.29 bits per heavy atom. The number of aromatic hydroxyl groups is 1. The highest BCUT2D eigenvalue weighted by Gasteiger charge is 2.07. The van der Waals surface area contributed by atoms with Crippen LogP contribution in [0, 0.1) is 6.92 Å². The first-order valence-corrected chi connectivity index (χ1v) is 7.28. The molecule has 2 aromatic carbocycles. The van der Waals surface area contributed by atoms with Gasteiger partial charge in [0.25, 0.3) is 0 Å². The number of carbonyl (C=O) groups is 1. The summed E-state index contributed by atoms with van der Waals surface area (Å²) < 4.78 is 5.95. The number of benzene rings is 2. The second kappa shape index (κ2) is 7.13. The maximum atomic E-state index is 11.6. The lowest BCUT2D eigenvalue weighted by Crippen LogP contribution is -2.23. The zero-order chi connectivity index (χ0) is 15.2. The number of ether oxygens (including phenoxy) is 1. The van der Waals surface area contributed by atoms with Crippen LogP contribution in [-0.2, 0) is 17.9 Å². The van der Waals surface area contributed by atoms with Crippen molar-refractivity contribution >= 4 is 22.0 Å². The van der Waals surface area contributed by atoms with Gasteiger partial charge in [-0.1, -0.05) is 46.3 Å². The molecule has 2 aromatic rings. The van der Waals surface area contributed by atoms with Crippen molar-refractivity contribution in [1.29, 1.82) is 0 Å². The van der Waals surface area contributed by atoms with Gasteiger partial charge in [-0.3, -0.25) is 0 Å².